The molecule has 0 aromatic carbocycles. The first kappa shape index (κ1) is 9.55. The van der Waals surface area contributed by atoms with Crippen LogP contribution in [0.2, 0.25) is 0 Å². The Labute approximate surface area is 73.6 Å². The van der Waals surface area contributed by atoms with E-state index in [2.05, 4.69) is 6.58 Å². The van der Waals surface area contributed by atoms with Crippen molar-refractivity contribution in [2.24, 2.45) is 0 Å². The molecule has 1 unspecified atom stereocenters. The maximum absolute atomic E-state index is 9.49. The maximum Gasteiger partial charge on any atom is 0.0639 e. The van der Waals surface area contributed by atoms with E-state index >= 15 is 0 Å². The van der Waals surface area contributed by atoms with Crippen molar-refractivity contribution in [3.63, 3.8) is 0 Å². The largest absolute Gasteiger partial charge is 0.393 e. The van der Waals surface area contributed by atoms with E-state index in [-0.39, 0.29) is 11.6 Å². The molecule has 0 aromatic rings. The fourth-order valence-corrected chi connectivity index (χ4v) is 1.89. The zero-order valence-electron chi connectivity index (χ0n) is 8.00. The quantitative estimate of drug-likeness (QED) is 0.645. The van der Waals surface area contributed by atoms with E-state index in [9.17, 15) is 5.11 Å². The Kier molecular flexibility index (Phi) is 2.44. The van der Waals surface area contributed by atoms with E-state index in [1.54, 1.807) is 12.2 Å². The van der Waals surface area contributed by atoms with Crippen LogP contribution < -0.4 is 0 Å². The summed E-state index contributed by atoms with van der Waals surface area (Å²) >= 11 is 0. The monoisotopic (exact) mass is 171 g/mol. The molecule has 0 bridgehead atoms. The summed E-state index contributed by atoms with van der Waals surface area (Å²) in [7, 11) is 1.63. The van der Waals surface area contributed by atoms with Crippen molar-refractivity contribution in [2.45, 2.75) is 38.3 Å². The van der Waals surface area contributed by atoms with Crippen LogP contribution in [0.3, 0.4) is 0 Å². The van der Waals surface area contributed by atoms with Gasteiger partial charge in [-0.05, 0) is 20.3 Å². The number of nitrogens with zero attached hydrogens (tertiary/aromatic N) is 1. The van der Waals surface area contributed by atoms with Gasteiger partial charge in [0.25, 0.3) is 0 Å². The van der Waals surface area contributed by atoms with Gasteiger partial charge in [0.1, 0.15) is 0 Å². The Balaban J connectivity index is 2.78. The molecule has 0 radical (unpaired) electrons. The molecule has 1 aliphatic rings. The summed E-state index contributed by atoms with van der Waals surface area (Å²) in [6, 6.07) is 0. The third-order valence-corrected chi connectivity index (χ3v) is 2.23. The van der Waals surface area contributed by atoms with Gasteiger partial charge in [-0.1, -0.05) is 6.58 Å². The average Bonchev–Trinajstić information content (AvgIpc) is 1.82. The minimum Gasteiger partial charge on any atom is -0.393 e. The Hall–Kier alpha value is -0.540. The predicted molar refractivity (Wildman–Crippen MR) is 47.3 cm³/mol. The standard InChI is InChI=1S/C9H17NO2/c1-7-5-8(11)6-9(2,3)10(7)12-4/h8,11H,1,5-6H2,2-4H3. The summed E-state index contributed by atoms with van der Waals surface area (Å²) in [6.07, 6.45) is 1.05. The maximum atomic E-state index is 9.49. The van der Waals surface area contributed by atoms with E-state index in [0.717, 1.165) is 12.1 Å². The molecule has 0 aliphatic carbocycles. The molecule has 1 N–H and O–H groups in total. The van der Waals surface area contributed by atoms with E-state index in [1.165, 1.54) is 0 Å². The van der Waals surface area contributed by atoms with Gasteiger partial charge in [0, 0.05) is 12.1 Å². The zero-order chi connectivity index (χ0) is 9.35. The van der Waals surface area contributed by atoms with E-state index in [4.69, 9.17) is 4.84 Å². The number of hydrogen-bond acceptors (Lipinski definition) is 3. The first-order chi connectivity index (χ1) is 5.47. The van der Waals surface area contributed by atoms with Gasteiger partial charge in [0.05, 0.1) is 18.8 Å². The van der Waals surface area contributed by atoms with Crippen LogP contribution in [0.4, 0.5) is 0 Å². The highest BCUT2D eigenvalue weighted by atomic mass is 16.7. The summed E-state index contributed by atoms with van der Waals surface area (Å²) in [6.45, 7) is 7.92. The lowest BCUT2D eigenvalue weighted by molar-refractivity contribution is -0.190. The van der Waals surface area contributed by atoms with Crippen LogP contribution in [0.15, 0.2) is 12.3 Å². The second kappa shape index (κ2) is 3.07. The Bertz CT molecular complexity index is 189. The van der Waals surface area contributed by atoms with Crippen molar-refractivity contribution >= 4 is 0 Å². The molecule has 70 valence electrons. The number of aliphatic hydroxyl groups is 1. The van der Waals surface area contributed by atoms with Crippen molar-refractivity contribution in [1.82, 2.24) is 5.06 Å². The van der Waals surface area contributed by atoms with E-state index in [1.807, 2.05) is 13.8 Å². The zero-order valence-corrected chi connectivity index (χ0v) is 8.00. The van der Waals surface area contributed by atoms with Crippen LogP contribution >= 0.6 is 0 Å². The first-order valence-electron chi connectivity index (χ1n) is 4.17. The number of rotatable bonds is 1. The molecular formula is C9H17NO2. The molecule has 0 saturated carbocycles. The molecule has 1 heterocycles. The Morgan fingerprint density at radius 3 is 2.67 bits per heavy atom. The van der Waals surface area contributed by atoms with Crippen molar-refractivity contribution in [1.29, 1.82) is 0 Å². The van der Waals surface area contributed by atoms with Crippen LogP contribution in [-0.2, 0) is 4.84 Å². The van der Waals surface area contributed by atoms with Gasteiger partial charge in [-0.25, -0.2) is 0 Å². The van der Waals surface area contributed by atoms with Crippen molar-refractivity contribution in [2.75, 3.05) is 7.11 Å². The highest BCUT2D eigenvalue weighted by Crippen LogP contribution is 2.32. The lowest BCUT2D eigenvalue weighted by Gasteiger charge is -2.44. The fraction of sp³-hybridized carbons (Fsp3) is 0.778. The highest BCUT2D eigenvalue weighted by Gasteiger charge is 2.36. The second-order valence-electron chi connectivity index (χ2n) is 3.92. The summed E-state index contributed by atoms with van der Waals surface area (Å²) in [5.74, 6) is 0. The summed E-state index contributed by atoms with van der Waals surface area (Å²) < 4.78 is 0. The topological polar surface area (TPSA) is 32.7 Å². The lowest BCUT2D eigenvalue weighted by Crippen LogP contribution is -2.49. The highest BCUT2D eigenvalue weighted by molar-refractivity contribution is 5.04. The minimum absolute atomic E-state index is 0.149. The predicted octanol–water partition coefficient (Wildman–Crippen LogP) is 1.30. The molecule has 0 aromatic heterocycles. The first-order valence-corrected chi connectivity index (χ1v) is 4.17. The molecule has 12 heavy (non-hydrogen) atoms. The van der Waals surface area contributed by atoms with Crippen LogP contribution in [0.5, 0.6) is 0 Å². The molecule has 1 fully saturated rings. The fourth-order valence-electron chi connectivity index (χ4n) is 1.89. The smallest absolute Gasteiger partial charge is 0.0639 e. The summed E-state index contributed by atoms with van der Waals surface area (Å²) in [4.78, 5) is 5.19. The normalized spacial score (nSPS) is 29.2. The second-order valence-corrected chi connectivity index (χ2v) is 3.92. The van der Waals surface area contributed by atoms with Gasteiger partial charge >= 0.3 is 0 Å². The van der Waals surface area contributed by atoms with Gasteiger partial charge in [-0.15, -0.1) is 0 Å². The third-order valence-electron chi connectivity index (χ3n) is 2.23. The van der Waals surface area contributed by atoms with E-state index < -0.39 is 0 Å². The van der Waals surface area contributed by atoms with Crippen LogP contribution in [-0.4, -0.2) is 28.9 Å². The minimum atomic E-state index is -0.279. The molecule has 0 amide bonds. The molecular weight excluding hydrogens is 154 g/mol. The van der Waals surface area contributed by atoms with Crippen LogP contribution in [0, 0.1) is 0 Å². The average molecular weight is 171 g/mol. The van der Waals surface area contributed by atoms with Gasteiger partial charge in [0.15, 0.2) is 0 Å². The van der Waals surface area contributed by atoms with E-state index in [0.29, 0.717) is 6.42 Å². The summed E-state index contributed by atoms with van der Waals surface area (Å²) in [5, 5.41) is 11.3. The molecule has 1 rings (SSSR count). The number of piperidine rings is 1. The van der Waals surface area contributed by atoms with Gasteiger partial charge in [0.2, 0.25) is 0 Å². The SMILES string of the molecule is C=C1CC(O)CC(C)(C)N1OC. The molecule has 3 heteroatoms. The van der Waals surface area contributed by atoms with Crippen LogP contribution in [0.25, 0.3) is 0 Å². The molecule has 0 spiro atoms. The molecule has 1 atom stereocenters. The Morgan fingerprint density at radius 1 is 1.67 bits per heavy atom. The van der Waals surface area contributed by atoms with Crippen molar-refractivity contribution in [3.05, 3.63) is 12.3 Å². The molecule has 1 aliphatic heterocycles. The number of aliphatic hydroxyl groups excluding tert-OH is 1. The summed E-state index contributed by atoms with van der Waals surface area (Å²) in [5.41, 5.74) is 0.699. The van der Waals surface area contributed by atoms with Crippen LogP contribution in [0.1, 0.15) is 26.7 Å². The number of hydrogen-bond donors (Lipinski definition) is 1. The van der Waals surface area contributed by atoms with Gasteiger partial charge < -0.3 is 5.11 Å². The van der Waals surface area contributed by atoms with Crippen molar-refractivity contribution in [3.8, 4) is 0 Å². The third kappa shape index (κ3) is 1.62. The van der Waals surface area contributed by atoms with Gasteiger partial charge in [-0.3, -0.25) is 9.90 Å². The molecule has 1 saturated heterocycles. The van der Waals surface area contributed by atoms with Gasteiger partial charge in [-0.2, -0.15) is 0 Å². The number of hydroxylamine groups is 2. The Morgan fingerprint density at radius 2 is 2.25 bits per heavy atom. The molecule has 3 nitrogen and oxygen atoms in total. The lowest BCUT2D eigenvalue weighted by atomic mass is 9.89. The van der Waals surface area contributed by atoms with Crippen molar-refractivity contribution < 1.29 is 9.94 Å².